The zero-order valence-corrected chi connectivity index (χ0v) is 19.0. The fraction of sp³-hybridized carbons (Fsp3) is 0.714. The lowest BCUT2D eigenvalue weighted by molar-refractivity contribution is -0.113. The zero-order valence-electron chi connectivity index (χ0n) is 16.6. The van der Waals surface area contributed by atoms with Gasteiger partial charge in [-0.1, -0.05) is 11.8 Å². The van der Waals surface area contributed by atoms with Crippen molar-refractivity contribution in [1.29, 1.82) is 0 Å². The molecule has 3 aliphatic heterocycles. The van der Waals surface area contributed by atoms with Gasteiger partial charge in [0.15, 0.2) is 0 Å². The Morgan fingerprint density at radius 3 is 2.75 bits per heavy atom. The van der Waals surface area contributed by atoms with Crippen LogP contribution >= 0.6 is 27.7 Å². The Labute approximate surface area is 181 Å². The summed E-state index contributed by atoms with van der Waals surface area (Å²) in [5.41, 5.74) is 1.20. The first-order valence-electron chi connectivity index (χ1n) is 10.7. The zero-order chi connectivity index (χ0) is 19.3. The maximum atomic E-state index is 11.8. The summed E-state index contributed by atoms with van der Waals surface area (Å²) in [6.45, 7) is 6.94. The lowest BCUT2D eigenvalue weighted by Crippen LogP contribution is -2.44. The van der Waals surface area contributed by atoms with Gasteiger partial charge in [-0.3, -0.25) is 4.90 Å². The number of fused-ring (bicyclic) bond motifs is 1. The lowest BCUT2D eigenvalue weighted by atomic mass is 9.92. The van der Waals surface area contributed by atoms with Crippen molar-refractivity contribution in [3.63, 3.8) is 0 Å². The number of rotatable bonds is 8. The number of hydrogen-bond acceptors (Lipinski definition) is 6. The Bertz CT molecular complexity index is 662. The van der Waals surface area contributed by atoms with E-state index in [2.05, 4.69) is 41.7 Å². The molecule has 154 valence electrons. The highest BCUT2D eigenvalue weighted by molar-refractivity contribution is 9.10. The molecule has 4 rings (SSSR count). The van der Waals surface area contributed by atoms with Crippen molar-refractivity contribution in [3.05, 3.63) is 16.7 Å². The number of hydrogen-bond donors (Lipinski definition) is 0. The third kappa shape index (κ3) is 5.10. The average Bonchev–Trinajstić information content (AvgIpc) is 3.37. The molecule has 1 atom stereocenters. The van der Waals surface area contributed by atoms with Gasteiger partial charge in [0.2, 0.25) is 0 Å². The Kier molecular flexibility index (Phi) is 7.31. The fourth-order valence-electron chi connectivity index (χ4n) is 4.72. The molecule has 28 heavy (non-hydrogen) atoms. The molecule has 1 aromatic heterocycles. The number of anilines is 1. The first kappa shape index (κ1) is 20.6. The van der Waals surface area contributed by atoms with Crippen LogP contribution in [0.15, 0.2) is 21.8 Å². The summed E-state index contributed by atoms with van der Waals surface area (Å²) < 4.78 is 1.02. The number of halogens is 1. The Hall–Kier alpha value is -0.630. The monoisotopic (exact) mass is 466 g/mol. The van der Waals surface area contributed by atoms with Crippen molar-refractivity contribution in [2.24, 2.45) is 5.92 Å². The average molecular weight is 467 g/mol. The number of carbonyl (C=O) groups excluding carboxylic acids is 1. The Morgan fingerprint density at radius 2 is 2.00 bits per heavy atom. The second kappa shape index (κ2) is 9.92. The molecule has 4 heterocycles. The van der Waals surface area contributed by atoms with Gasteiger partial charge < -0.3 is 14.6 Å². The molecular formula is C21H31BrN4OS. The van der Waals surface area contributed by atoms with Crippen molar-refractivity contribution >= 4 is 39.7 Å². The number of piperidine rings is 1. The van der Waals surface area contributed by atoms with Crippen LogP contribution in [0.25, 0.3) is 0 Å². The van der Waals surface area contributed by atoms with E-state index in [1.807, 2.05) is 6.20 Å². The SMILES string of the molecule is O=CC(CCN1CSc2ncc(Br)cc21)N1CCC(CCN2CCCC2)CC1. The van der Waals surface area contributed by atoms with Gasteiger partial charge in [-0.15, -0.1) is 0 Å². The summed E-state index contributed by atoms with van der Waals surface area (Å²) in [6.07, 6.45) is 10.5. The van der Waals surface area contributed by atoms with Gasteiger partial charge in [0.1, 0.15) is 11.3 Å². The number of nitrogens with zero attached hydrogens (tertiary/aromatic N) is 4. The summed E-state index contributed by atoms with van der Waals surface area (Å²) in [5, 5.41) is 1.10. The Morgan fingerprint density at radius 1 is 1.21 bits per heavy atom. The van der Waals surface area contributed by atoms with E-state index in [4.69, 9.17) is 0 Å². The van der Waals surface area contributed by atoms with Crippen molar-refractivity contribution in [2.45, 2.75) is 49.6 Å². The molecule has 7 heteroatoms. The number of thioether (sulfide) groups is 1. The molecule has 0 spiro atoms. The predicted molar refractivity (Wildman–Crippen MR) is 119 cm³/mol. The van der Waals surface area contributed by atoms with E-state index < -0.39 is 0 Å². The van der Waals surface area contributed by atoms with E-state index in [0.29, 0.717) is 0 Å². The topological polar surface area (TPSA) is 39.7 Å². The maximum absolute atomic E-state index is 11.8. The number of likely N-dealkylation sites (tertiary alicyclic amines) is 2. The molecule has 2 saturated heterocycles. The van der Waals surface area contributed by atoms with Crippen LogP contribution in [0.5, 0.6) is 0 Å². The van der Waals surface area contributed by atoms with Crippen LogP contribution in [0.2, 0.25) is 0 Å². The summed E-state index contributed by atoms with van der Waals surface area (Å²) >= 11 is 5.31. The van der Waals surface area contributed by atoms with Crippen molar-refractivity contribution in [1.82, 2.24) is 14.8 Å². The molecular weight excluding hydrogens is 436 g/mol. The van der Waals surface area contributed by atoms with E-state index >= 15 is 0 Å². The highest BCUT2D eigenvalue weighted by Crippen LogP contribution is 2.38. The van der Waals surface area contributed by atoms with Gasteiger partial charge in [-0.2, -0.15) is 0 Å². The van der Waals surface area contributed by atoms with E-state index in [1.54, 1.807) is 11.8 Å². The van der Waals surface area contributed by atoms with Crippen LogP contribution in [0.4, 0.5) is 5.69 Å². The summed E-state index contributed by atoms with van der Waals surface area (Å²) in [4.78, 5) is 23.7. The molecule has 1 aromatic rings. The molecule has 0 amide bonds. The molecule has 0 bridgehead atoms. The van der Waals surface area contributed by atoms with Crippen molar-refractivity contribution in [2.75, 3.05) is 50.0 Å². The van der Waals surface area contributed by atoms with Gasteiger partial charge >= 0.3 is 0 Å². The summed E-state index contributed by atoms with van der Waals surface area (Å²) in [7, 11) is 0. The van der Waals surface area contributed by atoms with Gasteiger partial charge in [-0.05, 0) is 99.2 Å². The molecule has 0 saturated carbocycles. The molecule has 0 radical (unpaired) electrons. The highest BCUT2D eigenvalue weighted by Gasteiger charge is 2.27. The van der Waals surface area contributed by atoms with Gasteiger partial charge in [0.25, 0.3) is 0 Å². The van der Waals surface area contributed by atoms with Crippen LogP contribution < -0.4 is 4.90 Å². The van der Waals surface area contributed by atoms with Crippen LogP contribution in [0.3, 0.4) is 0 Å². The lowest BCUT2D eigenvalue weighted by Gasteiger charge is -2.36. The minimum atomic E-state index is 0.0497. The van der Waals surface area contributed by atoms with Crippen molar-refractivity contribution < 1.29 is 4.79 Å². The van der Waals surface area contributed by atoms with Crippen molar-refractivity contribution in [3.8, 4) is 0 Å². The molecule has 0 aliphatic carbocycles. The minimum Gasteiger partial charge on any atom is -0.360 e. The third-order valence-corrected chi connectivity index (χ3v) is 7.98. The molecule has 1 unspecified atom stereocenters. The molecule has 2 fully saturated rings. The van der Waals surface area contributed by atoms with E-state index in [-0.39, 0.29) is 6.04 Å². The number of aldehydes is 1. The Balaban J connectivity index is 1.22. The second-order valence-corrected chi connectivity index (χ2v) is 10.2. The quantitative estimate of drug-likeness (QED) is 0.541. The molecule has 0 N–H and O–H groups in total. The van der Waals surface area contributed by atoms with E-state index in [0.717, 1.165) is 47.3 Å². The van der Waals surface area contributed by atoms with E-state index in [1.165, 1.54) is 63.7 Å². The maximum Gasteiger partial charge on any atom is 0.137 e. The number of aromatic nitrogens is 1. The van der Waals surface area contributed by atoms with Gasteiger partial charge in [-0.25, -0.2) is 4.98 Å². The third-order valence-electron chi connectivity index (χ3n) is 6.52. The smallest absolute Gasteiger partial charge is 0.137 e. The largest absolute Gasteiger partial charge is 0.360 e. The van der Waals surface area contributed by atoms with Gasteiger partial charge in [0, 0.05) is 17.2 Å². The predicted octanol–water partition coefficient (Wildman–Crippen LogP) is 3.87. The summed E-state index contributed by atoms with van der Waals surface area (Å²) in [5.74, 6) is 1.78. The van der Waals surface area contributed by atoms with E-state index in [9.17, 15) is 4.79 Å². The standard InChI is InChI=1S/C21H31BrN4OS/c22-18-13-20-21(23-14-18)28-16-26(20)12-6-19(15-27)25-10-4-17(5-11-25)3-9-24-7-1-2-8-24/h13-15,17,19H,1-12,16H2. The number of carbonyl (C=O) groups is 1. The van der Waals surface area contributed by atoms with Crippen LogP contribution in [0, 0.1) is 5.92 Å². The molecule has 0 aromatic carbocycles. The minimum absolute atomic E-state index is 0.0497. The second-order valence-electron chi connectivity index (χ2n) is 8.32. The highest BCUT2D eigenvalue weighted by atomic mass is 79.9. The first-order chi connectivity index (χ1) is 13.7. The molecule has 3 aliphatic rings. The van der Waals surface area contributed by atoms with Crippen LogP contribution in [-0.4, -0.2) is 72.3 Å². The summed E-state index contributed by atoms with van der Waals surface area (Å²) in [6, 6.07) is 2.19. The van der Waals surface area contributed by atoms with Crippen LogP contribution in [-0.2, 0) is 4.79 Å². The van der Waals surface area contributed by atoms with Gasteiger partial charge in [0.05, 0.1) is 17.6 Å². The number of pyridine rings is 1. The fourth-order valence-corrected chi connectivity index (χ4v) is 6.05. The normalized spacial score (nSPS) is 22.5. The van der Waals surface area contributed by atoms with Crippen LogP contribution in [0.1, 0.15) is 38.5 Å². The molecule has 5 nitrogen and oxygen atoms in total. The first-order valence-corrected chi connectivity index (χ1v) is 12.5.